The summed E-state index contributed by atoms with van der Waals surface area (Å²) in [5.74, 6) is 0. The molecular weight excluding hydrogens is 275 g/mol. The van der Waals surface area contributed by atoms with Gasteiger partial charge in [0.1, 0.15) is 6.54 Å². The number of benzene rings is 1. The van der Waals surface area contributed by atoms with E-state index < -0.39 is 18.8 Å². The summed E-state index contributed by atoms with van der Waals surface area (Å²) < 4.78 is 36.3. The minimum Gasteiger partial charge on any atom is -0.411 e. The van der Waals surface area contributed by atoms with Crippen LogP contribution in [0.25, 0.3) is 0 Å². The Balaban J connectivity index is 2.20. The van der Waals surface area contributed by atoms with Gasteiger partial charge in [-0.2, -0.15) is 13.2 Å². The van der Waals surface area contributed by atoms with Gasteiger partial charge in [0.2, 0.25) is 0 Å². The highest BCUT2D eigenvalue weighted by atomic mass is 19.4. The number of hydrogen-bond donors (Lipinski definition) is 2. The van der Waals surface area contributed by atoms with Crippen LogP contribution < -0.4 is 10.2 Å². The van der Waals surface area contributed by atoms with Crippen LogP contribution in [0.5, 0.6) is 0 Å². The lowest BCUT2D eigenvalue weighted by atomic mass is 10.00. The number of carbonyl (C=O) groups is 1. The molecule has 1 aliphatic heterocycles. The fraction of sp³-hybridized carbons (Fsp3) is 0.333. The zero-order chi connectivity index (χ0) is 14.8. The molecule has 0 bridgehead atoms. The van der Waals surface area contributed by atoms with E-state index in [-0.39, 0.29) is 13.0 Å². The van der Waals surface area contributed by atoms with Crippen molar-refractivity contribution < 1.29 is 23.2 Å². The van der Waals surface area contributed by atoms with E-state index in [9.17, 15) is 18.0 Å². The van der Waals surface area contributed by atoms with Crippen LogP contribution in [-0.4, -0.2) is 36.2 Å². The quantitative estimate of drug-likeness (QED) is 0.615. The van der Waals surface area contributed by atoms with E-state index >= 15 is 0 Å². The lowest BCUT2D eigenvalue weighted by Crippen LogP contribution is -2.46. The third-order valence-corrected chi connectivity index (χ3v) is 2.88. The fourth-order valence-corrected chi connectivity index (χ4v) is 2.01. The van der Waals surface area contributed by atoms with E-state index in [1.54, 1.807) is 24.3 Å². The van der Waals surface area contributed by atoms with E-state index in [0.717, 1.165) is 0 Å². The van der Waals surface area contributed by atoms with E-state index in [0.29, 0.717) is 17.0 Å². The maximum Gasteiger partial charge on any atom is 0.405 e. The molecule has 20 heavy (non-hydrogen) atoms. The normalized spacial score (nSPS) is 16.9. The number of halogens is 3. The Morgan fingerprint density at radius 2 is 2.10 bits per heavy atom. The highest BCUT2D eigenvalue weighted by Crippen LogP contribution is 2.27. The maximum atomic E-state index is 12.1. The van der Waals surface area contributed by atoms with Gasteiger partial charge >= 0.3 is 12.2 Å². The van der Waals surface area contributed by atoms with Crippen LogP contribution in [0.2, 0.25) is 0 Å². The predicted octanol–water partition coefficient (Wildman–Crippen LogP) is 2.35. The lowest BCUT2D eigenvalue weighted by Gasteiger charge is -2.29. The molecule has 0 aliphatic carbocycles. The number of carbonyl (C=O) groups excluding carboxylic acids is 1. The minimum absolute atomic E-state index is 0.153. The number of fused-ring (bicyclic) bond motifs is 1. The monoisotopic (exact) mass is 287 g/mol. The molecule has 0 radical (unpaired) electrons. The number of hydrogen-bond acceptors (Lipinski definition) is 3. The lowest BCUT2D eigenvalue weighted by molar-refractivity contribution is -0.122. The molecule has 2 rings (SSSR count). The average molecular weight is 287 g/mol. The molecule has 1 aliphatic rings. The molecule has 1 heterocycles. The third kappa shape index (κ3) is 3.01. The van der Waals surface area contributed by atoms with Gasteiger partial charge in [-0.05, 0) is 6.07 Å². The van der Waals surface area contributed by atoms with Crippen molar-refractivity contribution in [2.75, 3.05) is 18.0 Å². The van der Waals surface area contributed by atoms with Gasteiger partial charge in [0.05, 0.1) is 11.4 Å². The van der Waals surface area contributed by atoms with Gasteiger partial charge in [-0.25, -0.2) is 4.79 Å². The van der Waals surface area contributed by atoms with Crippen molar-refractivity contribution in [2.45, 2.75) is 12.6 Å². The molecule has 1 aromatic rings. The van der Waals surface area contributed by atoms with Crippen LogP contribution in [0, 0.1) is 0 Å². The third-order valence-electron chi connectivity index (χ3n) is 2.88. The van der Waals surface area contributed by atoms with Crippen molar-refractivity contribution in [3.8, 4) is 0 Å². The molecule has 2 amide bonds. The van der Waals surface area contributed by atoms with Gasteiger partial charge in [0, 0.05) is 18.5 Å². The molecule has 0 unspecified atom stereocenters. The maximum absolute atomic E-state index is 12.1. The van der Waals surface area contributed by atoms with Gasteiger partial charge in [0.15, 0.2) is 0 Å². The van der Waals surface area contributed by atoms with Crippen molar-refractivity contribution in [3.05, 3.63) is 29.8 Å². The molecule has 0 spiro atoms. The van der Waals surface area contributed by atoms with Crippen molar-refractivity contribution in [1.29, 1.82) is 0 Å². The summed E-state index contributed by atoms with van der Waals surface area (Å²) in [6, 6.07) is 5.76. The standard InChI is InChI=1S/C12H12F3N3O2/c13-12(14,15)7-16-11(19)18-6-5-9(17-20)8-3-1-2-4-10(8)18/h1-4,20H,5-7H2,(H,16,19)/b17-9-. The first-order chi connectivity index (χ1) is 9.42. The van der Waals surface area contributed by atoms with Crippen molar-refractivity contribution >= 4 is 17.4 Å². The first-order valence-electron chi connectivity index (χ1n) is 5.85. The molecule has 0 fully saturated rings. The first-order valence-corrected chi connectivity index (χ1v) is 5.85. The SMILES string of the molecule is O=C(NCC(F)(F)F)N1CC/C(=N/O)c2ccccc21. The molecule has 0 saturated heterocycles. The molecule has 1 aromatic carbocycles. The van der Waals surface area contributed by atoms with Gasteiger partial charge in [-0.1, -0.05) is 23.4 Å². The highest BCUT2D eigenvalue weighted by Gasteiger charge is 2.31. The van der Waals surface area contributed by atoms with Gasteiger partial charge in [0.25, 0.3) is 0 Å². The molecule has 5 nitrogen and oxygen atoms in total. The summed E-state index contributed by atoms with van der Waals surface area (Å²) in [6.07, 6.45) is -4.18. The van der Waals surface area contributed by atoms with Gasteiger partial charge in [-0.15, -0.1) is 0 Å². The van der Waals surface area contributed by atoms with Gasteiger partial charge in [-0.3, -0.25) is 4.90 Å². The van der Waals surface area contributed by atoms with Gasteiger partial charge < -0.3 is 10.5 Å². The Labute approximate surface area is 112 Å². The van der Waals surface area contributed by atoms with E-state index in [4.69, 9.17) is 5.21 Å². The Kier molecular flexibility index (Phi) is 3.82. The number of anilines is 1. The van der Waals surface area contributed by atoms with Crippen molar-refractivity contribution in [2.24, 2.45) is 5.16 Å². The number of nitrogens with one attached hydrogen (secondary N) is 1. The second-order valence-corrected chi connectivity index (χ2v) is 4.24. The summed E-state index contributed by atoms with van der Waals surface area (Å²) in [5, 5.41) is 13.9. The van der Waals surface area contributed by atoms with Crippen LogP contribution in [0.4, 0.5) is 23.7 Å². The van der Waals surface area contributed by atoms with Crippen molar-refractivity contribution in [1.82, 2.24) is 5.32 Å². The van der Waals surface area contributed by atoms with E-state index in [2.05, 4.69) is 5.16 Å². The van der Waals surface area contributed by atoms with E-state index in [1.165, 1.54) is 4.90 Å². The molecule has 8 heteroatoms. The Morgan fingerprint density at radius 1 is 1.40 bits per heavy atom. The highest BCUT2D eigenvalue weighted by molar-refractivity contribution is 6.10. The zero-order valence-corrected chi connectivity index (χ0v) is 10.3. The van der Waals surface area contributed by atoms with E-state index in [1.807, 2.05) is 5.32 Å². The molecule has 108 valence electrons. The van der Waals surface area contributed by atoms with Crippen LogP contribution >= 0.6 is 0 Å². The fourth-order valence-electron chi connectivity index (χ4n) is 2.01. The molecule has 2 N–H and O–H groups in total. The first kappa shape index (κ1) is 14.2. The molecule has 0 saturated carbocycles. The van der Waals surface area contributed by atoms with Crippen LogP contribution in [0.3, 0.4) is 0 Å². The molecule has 0 atom stereocenters. The topological polar surface area (TPSA) is 64.9 Å². The number of oxime groups is 1. The largest absolute Gasteiger partial charge is 0.411 e. The number of amides is 2. The Morgan fingerprint density at radius 3 is 2.75 bits per heavy atom. The average Bonchev–Trinajstić information content (AvgIpc) is 2.42. The number of urea groups is 1. The van der Waals surface area contributed by atoms with Crippen LogP contribution in [-0.2, 0) is 0 Å². The number of para-hydroxylation sites is 1. The predicted molar refractivity (Wildman–Crippen MR) is 66.2 cm³/mol. The van der Waals surface area contributed by atoms with Crippen LogP contribution in [0.1, 0.15) is 12.0 Å². The second-order valence-electron chi connectivity index (χ2n) is 4.24. The second kappa shape index (κ2) is 5.40. The number of alkyl halides is 3. The minimum atomic E-state index is -4.46. The Hall–Kier alpha value is -2.25. The molecule has 0 aromatic heterocycles. The summed E-state index contributed by atoms with van der Waals surface area (Å²) in [6.45, 7) is -1.23. The number of rotatable bonds is 1. The Bertz CT molecular complexity index is 543. The smallest absolute Gasteiger partial charge is 0.405 e. The number of nitrogens with zero attached hydrogens (tertiary/aromatic N) is 2. The summed E-state index contributed by atoms with van der Waals surface area (Å²) in [7, 11) is 0. The van der Waals surface area contributed by atoms with Crippen LogP contribution in [0.15, 0.2) is 29.4 Å². The van der Waals surface area contributed by atoms with Crippen molar-refractivity contribution in [3.63, 3.8) is 0 Å². The zero-order valence-electron chi connectivity index (χ0n) is 10.3. The summed E-state index contributed by atoms with van der Waals surface area (Å²) in [4.78, 5) is 13.0. The summed E-state index contributed by atoms with van der Waals surface area (Å²) >= 11 is 0. The summed E-state index contributed by atoms with van der Waals surface area (Å²) in [5.41, 5.74) is 1.36. The molecular formula is C12H12F3N3O2.